The number of anilines is 3. The summed E-state index contributed by atoms with van der Waals surface area (Å²) < 4.78 is 24.5. The number of hydrogen-bond donors (Lipinski definition) is 2. The molecule has 0 saturated heterocycles. The fourth-order valence-electron chi connectivity index (χ4n) is 1.93. The van der Waals surface area contributed by atoms with Crippen molar-refractivity contribution in [1.29, 1.82) is 0 Å². The molecule has 2 N–H and O–H groups in total. The maximum absolute atomic E-state index is 11.1. The molecule has 0 saturated carbocycles. The van der Waals surface area contributed by atoms with Gasteiger partial charge in [0.05, 0.1) is 18.1 Å². The second-order valence-corrected chi connectivity index (χ2v) is 6.56. The summed E-state index contributed by atoms with van der Waals surface area (Å²) in [4.78, 5) is 4.05. The van der Waals surface area contributed by atoms with E-state index in [4.69, 9.17) is 0 Å². The highest BCUT2D eigenvalue weighted by atomic mass is 32.2. The van der Waals surface area contributed by atoms with Crippen molar-refractivity contribution in [2.24, 2.45) is 0 Å². The van der Waals surface area contributed by atoms with Gasteiger partial charge in [0.25, 0.3) is 0 Å². The lowest BCUT2D eigenvalue weighted by atomic mass is 10.1. The number of sulfonamides is 1. The monoisotopic (exact) mass is 291 g/mol. The molecule has 2 aromatic rings. The van der Waals surface area contributed by atoms with E-state index in [1.807, 2.05) is 26.0 Å². The quantitative estimate of drug-likeness (QED) is 0.908. The molecule has 2 rings (SSSR count). The molecule has 1 aromatic heterocycles. The summed E-state index contributed by atoms with van der Waals surface area (Å²) in [7, 11) is -3.29. The van der Waals surface area contributed by atoms with E-state index >= 15 is 0 Å². The van der Waals surface area contributed by atoms with Crippen molar-refractivity contribution in [3.8, 4) is 0 Å². The van der Waals surface area contributed by atoms with Crippen LogP contribution in [0.2, 0.25) is 0 Å². The van der Waals surface area contributed by atoms with E-state index < -0.39 is 10.0 Å². The number of aryl methyl sites for hydroxylation is 2. The van der Waals surface area contributed by atoms with Crippen molar-refractivity contribution in [1.82, 2.24) is 4.98 Å². The summed E-state index contributed by atoms with van der Waals surface area (Å²) in [5.74, 6) is 0.304. The van der Waals surface area contributed by atoms with Gasteiger partial charge >= 0.3 is 0 Å². The van der Waals surface area contributed by atoms with Crippen molar-refractivity contribution < 1.29 is 8.42 Å². The lowest BCUT2D eigenvalue weighted by Gasteiger charge is -2.09. The number of nitrogens with one attached hydrogen (secondary N) is 2. The Morgan fingerprint density at radius 3 is 2.15 bits per heavy atom. The van der Waals surface area contributed by atoms with Crippen LogP contribution in [0.25, 0.3) is 0 Å². The van der Waals surface area contributed by atoms with Crippen LogP contribution >= 0.6 is 0 Å². The Hall–Kier alpha value is -2.08. The molecule has 0 bridgehead atoms. The topological polar surface area (TPSA) is 71.1 Å². The van der Waals surface area contributed by atoms with Crippen molar-refractivity contribution >= 4 is 27.2 Å². The summed E-state index contributed by atoms with van der Waals surface area (Å²) in [6.07, 6.45) is 2.68. The molecular formula is C14H17N3O2S. The van der Waals surface area contributed by atoms with Crippen LogP contribution in [0.1, 0.15) is 11.1 Å². The first kappa shape index (κ1) is 14.3. The van der Waals surface area contributed by atoms with Crippen molar-refractivity contribution in [3.05, 3.63) is 47.7 Å². The molecule has 1 aromatic carbocycles. The summed E-state index contributed by atoms with van der Waals surface area (Å²) >= 11 is 0. The summed E-state index contributed by atoms with van der Waals surface area (Å²) in [6, 6.07) is 9.57. The number of nitrogens with zero attached hydrogens (tertiary/aromatic N) is 1. The Kier molecular flexibility index (Phi) is 3.94. The van der Waals surface area contributed by atoms with Crippen LogP contribution in [0, 0.1) is 13.8 Å². The summed E-state index contributed by atoms with van der Waals surface area (Å²) in [5.41, 5.74) is 4.13. The van der Waals surface area contributed by atoms with Crippen LogP contribution in [0.3, 0.4) is 0 Å². The standard InChI is InChI=1S/C14H17N3O2S/c1-10-6-11(2)8-13(7-10)16-12-4-5-14(15-9-12)17-20(3,18)19/h4-9,16H,1-3H3,(H,15,17). The third kappa shape index (κ3) is 4.24. The number of pyridine rings is 1. The molecule has 0 fully saturated rings. The number of benzene rings is 1. The van der Waals surface area contributed by atoms with Gasteiger partial charge in [0.1, 0.15) is 5.82 Å². The van der Waals surface area contributed by atoms with Gasteiger partial charge in [-0.2, -0.15) is 0 Å². The molecule has 0 radical (unpaired) electrons. The Bertz CT molecular complexity index is 689. The predicted molar refractivity (Wildman–Crippen MR) is 81.9 cm³/mol. The highest BCUT2D eigenvalue weighted by Crippen LogP contribution is 2.20. The minimum absolute atomic E-state index is 0.304. The van der Waals surface area contributed by atoms with Crippen LogP contribution in [0.4, 0.5) is 17.2 Å². The molecule has 6 heteroatoms. The van der Waals surface area contributed by atoms with Gasteiger partial charge in [0, 0.05) is 5.69 Å². The van der Waals surface area contributed by atoms with Crippen molar-refractivity contribution in [2.45, 2.75) is 13.8 Å². The van der Waals surface area contributed by atoms with Gasteiger partial charge < -0.3 is 5.32 Å². The first-order chi connectivity index (χ1) is 9.32. The molecule has 0 spiro atoms. The van der Waals surface area contributed by atoms with Crippen LogP contribution in [0.5, 0.6) is 0 Å². The normalized spacial score (nSPS) is 11.2. The van der Waals surface area contributed by atoms with E-state index in [2.05, 4.69) is 21.1 Å². The first-order valence-electron chi connectivity index (χ1n) is 6.11. The number of hydrogen-bond acceptors (Lipinski definition) is 4. The summed E-state index contributed by atoms with van der Waals surface area (Å²) in [5, 5.41) is 3.24. The maximum Gasteiger partial charge on any atom is 0.230 e. The van der Waals surface area contributed by atoms with Crippen molar-refractivity contribution in [2.75, 3.05) is 16.3 Å². The molecule has 0 aliphatic carbocycles. The Balaban J connectivity index is 2.14. The predicted octanol–water partition coefficient (Wildman–Crippen LogP) is 2.81. The van der Waals surface area contributed by atoms with Crippen LogP contribution in [-0.2, 0) is 10.0 Å². The second-order valence-electron chi connectivity index (χ2n) is 4.81. The maximum atomic E-state index is 11.1. The van der Waals surface area contributed by atoms with Gasteiger partial charge in [0.2, 0.25) is 10.0 Å². The molecule has 1 heterocycles. The van der Waals surface area contributed by atoms with E-state index in [-0.39, 0.29) is 0 Å². The van der Waals surface area contributed by atoms with Crippen LogP contribution < -0.4 is 10.0 Å². The minimum Gasteiger partial charge on any atom is -0.354 e. The smallest absolute Gasteiger partial charge is 0.230 e. The van der Waals surface area contributed by atoms with Gasteiger partial charge in [-0.25, -0.2) is 13.4 Å². The average Bonchev–Trinajstić information content (AvgIpc) is 2.28. The molecule has 0 aliphatic heterocycles. The fraction of sp³-hybridized carbons (Fsp3) is 0.214. The molecule has 20 heavy (non-hydrogen) atoms. The van der Waals surface area contributed by atoms with E-state index in [1.165, 1.54) is 11.1 Å². The zero-order chi connectivity index (χ0) is 14.8. The number of rotatable bonds is 4. The number of aromatic nitrogens is 1. The lowest BCUT2D eigenvalue weighted by molar-refractivity contribution is 0.606. The zero-order valence-electron chi connectivity index (χ0n) is 11.6. The molecule has 0 aliphatic rings. The van der Waals surface area contributed by atoms with E-state index in [0.717, 1.165) is 17.6 Å². The van der Waals surface area contributed by atoms with Crippen molar-refractivity contribution in [3.63, 3.8) is 0 Å². The van der Waals surface area contributed by atoms with E-state index in [0.29, 0.717) is 5.82 Å². The SMILES string of the molecule is Cc1cc(C)cc(Nc2ccc(NS(C)(=O)=O)nc2)c1. The molecule has 0 unspecified atom stereocenters. The van der Waals surface area contributed by atoms with Crippen LogP contribution in [-0.4, -0.2) is 19.7 Å². The van der Waals surface area contributed by atoms with Gasteiger partial charge in [-0.15, -0.1) is 0 Å². The zero-order valence-corrected chi connectivity index (χ0v) is 12.5. The van der Waals surface area contributed by atoms with Crippen LogP contribution in [0.15, 0.2) is 36.5 Å². The summed E-state index contributed by atoms with van der Waals surface area (Å²) in [6.45, 7) is 4.07. The van der Waals surface area contributed by atoms with E-state index in [9.17, 15) is 8.42 Å². The molecule has 0 amide bonds. The Labute approximate surface area is 119 Å². The molecular weight excluding hydrogens is 274 g/mol. The van der Waals surface area contributed by atoms with Gasteiger partial charge in [-0.1, -0.05) is 6.07 Å². The van der Waals surface area contributed by atoms with Gasteiger partial charge in [-0.3, -0.25) is 4.72 Å². The first-order valence-corrected chi connectivity index (χ1v) is 8.00. The molecule has 106 valence electrons. The molecule has 5 nitrogen and oxygen atoms in total. The highest BCUT2D eigenvalue weighted by Gasteiger charge is 2.03. The van der Waals surface area contributed by atoms with Gasteiger partial charge in [-0.05, 0) is 49.2 Å². The third-order valence-electron chi connectivity index (χ3n) is 2.56. The van der Waals surface area contributed by atoms with E-state index in [1.54, 1.807) is 18.3 Å². The van der Waals surface area contributed by atoms with Gasteiger partial charge in [0.15, 0.2) is 0 Å². The third-order valence-corrected chi connectivity index (χ3v) is 3.14. The minimum atomic E-state index is -3.29. The Morgan fingerprint density at radius 2 is 1.65 bits per heavy atom. The Morgan fingerprint density at radius 1 is 1.00 bits per heavy atom. The average molecular weight is 291 g/mol. The largest absolute Gasteiger partial charge is 0.354 e. The lowest BCUT2D eigenvalue weighted by Crippen LogP contribution is -2.10. The highest BCUT2D eigenvalue weighted by molar-refractivity contribution is 7.92. The second kappa shape index (κ2) is 5.50. The molecule has 0 atom stereocenters. The fourth-order valence-corrected chi connectivity index (χ4v) is 2.43.